The summed E-state index contributed by atoms with van der Waals surface area (Å²) in [5.41, 5.74) is 0.654. The molecule has 0 aromatic carbocycles. The first-order valence-electron chi connectivity index (χ1n) is 12.4. The second-order valence-electron chi connectivity index (χ2n) is 11.6. The van der Waals surface area contributed by atoms with Gasteiger partial charge in [0, 0.05) is 19.0 Å². The average molecular weight is 404 g/mol. The third kappa shape index (κ3) is 3.32. The molecule has 8 atom stereocenters. The van der Waals surface area contributed by atoms with Crippen molar-refractivity contribution in [3.63, 3.8) is 0 Å². The number of rotatable bonds is 3. The van der Waals surface area contributed by atoms with Crippen molar-refractivity contribution in [2.24, 2.45) is 40.4 Å². The molecule has 29 heavy (non-hydrogen) atoms. The number of aliphatic hydroxyl groups is 1. The summed E-state index contributed by atoms with van der Waals surface area (Å²) in [7, 11) is 0. The van der Waals surface area contributed by atoms with E-state index in [2.05, 4.69) is 18.7 Å². The van der Waals surface area contributed by atoms with E-state index in [-0.39, 0.29) is 17.4 Å². The molecular weight excluding hydrogens is 362 g/mol. The normalized spacial score (nSPS) is 50.4. The van der Waals surface area contributed by atoms with Crippen LogP contribution >= 0.6 is 0 Å². The number of morpholine rings is 1. The Kier molecular flexibility index (Phi) is 5.36. The molecule has 4 saturated carbocycles. The van der Waals surface area contributed by atoms with Gasteiger partial charge < -0.3 is 9.84 Å². The predicted octanol–water partition coefficient (Wildman–Crippen LogP) is 3.91. The van der Waals surface area contributed by atoms with Gasteiger partial charge in [0.05, 0.1) is 25.9 Å². The molecule has 5 aliphatic rings. The lowest BCUT2D eigenvalue weighted by Crippen LogP contribution is -2.54. The van der Waals surface area contributed by atoms with Crippen LogP contribution in [0.3, 0.4) is 0 Å². The fourth-order valence-electron chi connectivity index (χ4n) is 8.85. The molecule has 5 rings (SSSR count). The van der Waals surface area contributed by atoms with Crippen LogP contribution in [0.2, 0.25) is 0 Å². The van der Waals surface area contributed by atoms with E-state index in [4.69, 9.17) is 4.74 Å². The number of ketones is 1. The van der Waals surface area contributed by atoms with Crippen molar-refractivity contribution in [1.82, 2.24) is 4.90 Å². The molecule has 0 spiro atoms. The van der Waals surface area contributed by atoms with Crippen LogP contribution in [0.15, 0.2) is 0 Å². The summed E-state index contributed by atoms with van der Waals surface area (Å²) in [6.07, 6.45) is 10.7. The molecule has 4 heteroatoms. The smallest absolute Gasteiger partial charge is 0.150 e. The van der Waals surface area contributed by atoms with Gasteiger partial charge in [0.2, 0.25) is 0 Å². The summed E-state index contributed by atoms with van der Waals surface area (Å²) in [4.78, 5) is 15.7. The number of hydrogen-bond acceptors (Lipinski definition) is 4. The van der Waals surface area contributed by atoms with Crippen molar-refractivity contribution >= 4 is 5.78 Å². The molecule has 4 nitrogen and oxygen atoms in total. The predicted molar refractivity (Wildman–Crippen MR) is 113 cm³/mol. The molecule has 0 aromatic rings. The highest BCUT2D eigenvalue weighted by atomic mass is 16.5. The second-order valence-corrected chi connectivity index (χ2v) is 11.6. The maximum atomic E-state index is 13.4. The first-order valence-corrected chi connectivity index (χ1v) is 12.4. The van der Waals surface area contributed by atoms with Gasteiger partial charge in [-0.1, -0.05) is 13.8 Å². The summed E-state index contributed by atoms with van der Waals surface area (Å²) in [5.74, 6) is 3.87. The summed E-state index contributed by atoms with van der Waals surface area (Å²) in [5, 5.41) is 10.2. The van der Waals surface area contributed by atoms with E-state index in [1.165, 1.54) is 38.5 Å². The fourth-order valence-corrected chi connectivity index (χ4v) is 8.85. The van der Waals surface area contributed by atoms with E-state index in [0.29, 0.717) is 17.7 Å². The Morgan fingerprint density at radius 2 is 1.69 bits per heavy atom. The standard InChI is InChI=1S/C25H41NO3/c1-24-9-7-18(27)15-17(24)3-4-19-20-5-6-22(25(20,2)10-8-21(19)24)23(28)16-26-11-13-29-14-12-26/h17-22,27H,3-16H2,1-2H3/t17-,18-,19+,20+,21+,22-,24+,25+/m1/s1. The Morgan fingerprint density at radius 1 is 0.966 bits per heavy atom. The lowest BCUT2D eigenvalue weighted by molar-refractivity contribution is -0.141. The quantitative estimate of drug-likeness (QED) is 0.776. The number of carbonyl (C=O) groups excluding carboxylic acids is 1. The third-order valence-electron chi connectivity index (χ3n) is 10.5. The van der Waals surface area contributed by atoms with E-state index in [1.807, 2.05) is 0 Å². The molecule has 164 valence electrons. The maximum absolute atomic E-state index is 13.4. The molecule has 0 radical (unpaired) electrons. The Balaban J connectivity index is 1.31. The second kappa shape index (κ2) is 7.60. The molecule has 0 amide bonds. The van der Waals surface area contributed by atoms with Crippen molar-refractivity contribution in [3.05, 3.63) is 0 Å². The van der Waals surface area contributed by atoms with Crippen LogP contribution in [0.4, 0.5) is 0 Å². The van der Waals surface area contributed by atoms with Crippen LogP contribution in [-0.4, -0.2) is 54.7 Å². The molecule has 1 aliphatic heterocycles. The maximum Gasteiger partial charge on any atom is 0.150 e. The summed E-state index contributed by atoms with van der Waals surface area (Å²) in [6.45, 7) is 9.04. The molecule has 5 fully saturated rings. The van der Waals surface area contributed by atoms with Gasteiger partial charge in [-0.05, 0) is 92.3 Å². The van der Waals surface area contributed by atoms with E-state index in [9.17, 15) is 9.90 Å². The van der Waals surface area contributed by atoms with Gasteiger partial charge in [0.15, 0.2) is 0 Å². The Morgan fingerprint density at radius 3 is 2.48 bits per heavy atom. The van der Waals surface area contributed by atoms with Crippen LogP contribution in [0.1, 0.15) is 71.6 Å². The van der Waals surface area contributed by atoms with E-state index in [1.54, 1.807) is 0 Å². The van der Waals surface area contributed by atoms with Crippen LogP contribution < -0.4 is 0 Å². The van der Waals surface area contributed by atoms with Crippen molar-refractivity contribution in [2.45, 2.75) is 77.7 Å². The number of hydrogen-bond donors (Lipinski definition) is 1. The zero-order valence-electron chi connectivity index (χ0n) is 18.6. The summed E-state index contributed by atoms with van der Waals surface area (Å²) < 4.78 is 5.46. The number of nitrogens with zero attached hydrogens (tertiary/aromatic N) is 1. The lowest BCUT2D eigenvalue weighted by atomic mass is 9.44. The van der Waals surface area contributed by atoms with Crippen molar-refractivity contribution in [1.29, 1.82) is 0 Å². The van der Waals surface area contributed by atoms with E-state index in [0.717, 1.165) is 69.2 Å². The minimum Gasteiger partial charge on any atom is -0.393 e. The van der Waals surface area contributed by atoms with Gasteiger partial charge in [0.25, 0.3) is 0 Å². The first-order chi connectivity index (χ1) is 13.9. The van der Waals surface area contributed by atoms with Crippen molar-refractivity contribution in [2.75, 3.05) is 32.8 Å². The molecule has 1 saturated heterocycles. The van der Waals surface area contributed by atoms with Crippen molar-refractivity contribution in [3.8, 4) is 0 Å². The highest BCUT2D eigenvalue weighted by Gasteiger charge is 2.61. The molecule has 1 N–H and O–H groups in total. The van der Waals surface area contributed by atoms with Gasteiger partial charge in [-0.25, -0.2) is 0 Å². The average Bonchev–Trinajstić information content (AvgIpc) is 3.06. The Hall–Kier alpha value is -0.450. The Bertz CT molecular complexity index is 632. The van der Waals surface area contributed by atoms with Gasteiger partial charge in [-0.2, -0.15) is 0 Å². The van der Waals surface area contributed by atoms with Crippen LogP contribution in [0, 0.1) is 40.4 Å². The fraction of sp³-hybridized carbons (Fsp3) is 0.960. The number of ether oxygens (including phenoxy) is 1. The molecule has 0 unspecified atom stereocenters. The largest absolute Gasteiger partial charge is 0.393 e. The topological polar surface area (TPSA) is 49.8 Å². The summed E-state index contributed by atoms with van der Waals surface area (Å²) >= 11 is 0. The van der Waals surface area contributed by atoms with Crippen molar-refractivity contribution < 1.29 is 14.6 Å². The van der Waals surface area contributed by atoms with Gasteiger partial charge >= 0.3 is 0 Å². The molecule has 0 bridgehead atoms. The molecule has 4 aliphatic carbocycles. The van der Waals surface area contributed by atoms with Crippen LogP contribution in [0.5, 0.6) is 0 Å². The minimum atomic E-state index is -0.0628. The zero-order valence-corrected chi connectivity index (χ0v) is 18.6. The zero-order chi connectivity index (χ0) is 20.2. The Labute approximate surface area is 176 Å². The third-order valence-corrected chi connectivity index (χ3v) is 10.5. The van der Waals surface area contributed by atoms with Crippen LogP contribution in [-0.2, 0) is 9.53 Å². The van der Waals surface area contributed by atoms with Gasteiger partial charge in [-0.15, -0.1) is 0 Å². The number of carbonyl (C=O) groups is 1. The lowest BCUT2D eigenvalue weighted by Gasteiger charge is -2.60. The molecule has 1 heterocycles. The van der Waals surface area contributed by atoms with E-state index >= 15 is 0 Å². The van der Waals surface area contributed by atoms with E-state index < -0.39 is 0 Å². The SMILES string of the molecule is C[C@]12CC[C@@H](O)C[C@H]1CC[C@@H]1[C@@H]2CC[C@]2(C)[C@@H](C(=O)CN3CCOCC3)CC[C@@H]12. The number of fused-ring (bicyclic) bond motifs is 5. The van der Waals surface area contributed by atoms with Crippen LogP contribution in [0.25, 0.3) is 0 Å². The number of aliphatic hydroxyl groups excluding tert-OH is 1. The number of Topliss-reactive ketones (excluding diaryl/α,β-unsaturated/α-hetero) is 1. The first kappa shape index (κ1) is 20.5. The molecular formula is C25H41NO3. The van der Waals surface area contributed by atoms with Gasteiger partial charge in [-0.3, -0.25) is 9.69 Å². The van der Waals surface area contributed by atoms with Gasteiger partial charge in [0.1, 0.15) is 5.78 Å². The highest BCUT2D eigenvalue weighted by molar-refractivity contribution is 5.84. The molecule has 0 aromatic heterocycles. The minimum absolute atomic E-state index is 0.0628. The highest BCUT2D eigenvalue weighted by Crippen LogP contribution is 2.67. The monoisotopic (exact) mass is 403 g/mol. The summed E-state index contributed by atoms with van der Waals surface area (Å²) in [6, 6.07) is 0.